The molecule has 7 nitrogen and oxygen atoms in total. The number of aromatic nitrogens is 1. The molecule has 1 aromatic carbocycles. The molecule has 31 heavy (non-hydrogen) atoms. The van der Waals surface area contributed by atoms with E-state index in [9.17, 15) is 8.42 Å². The van der Waals surface area contributed by atoms with Crippen molar-refractivity contribution in [1.82, 2.24) is 8.87 Å². The number of thiazole rings is 1. The van der Waals surface area contributed by atoms with Crippen LogP contribution >= 0.6 is 11.3 Å². The predicted octanol–water partition coefficient (Wildman–Crippen LogP) is 4.18. The maximum absolute atomic E-state index is 12.8. The second-order valence-electron chi connectivity index (χ2n) is 7.81. The summed E-state index contributed by atoms with van der Waals surface area (Å²) in [6.45, 7) is 1.65. The molecule has 1 aliphatic heterocycles. The van der Waals surface area contributed by atoms with Crippen LogP contribution < -0.4 is 4.80 Å². The lowest BCUT2D eigenvalue weighted by atomic mass is 10.2. The second kappa shape index (κ2) is 8.74. The van der Waals surface area contributed by atoms with Crippen molar-refractivity contribution in [3.8, 4) is 11.5 Å². The number of rotatable bonds is 5. The van der Waals surface area contributed by atoms with Gasteiger partial charge in [0.05, 0.1) is 35.8 Å². The fourth-order valence-electron chi connectivity index (χ4n) is 4.26. The molecule has 5 rings (SSSR count). The van der Waals surface area contributed by atoms with E-state index >= 15 is 0 Å². The lowest BCUT2D eigenvalue weighted by Crippen LogP contribution is -2.40. The molecule has 2 fully saturated rings. The van der Waals surface area contributed by atoms with E-state index in [4.69, 9.17) is 14.1 Å². The van der Waals surface area contributed by atoms with Crippen LogP contribution in [0.1, 0.15) is 31.7 Å². The van der Waals surface area contributed by atoms with Gasteiger partial charge in [-0.3, -0.25) is 0 Å². The number of hydrogen-bond acceptors (Lipinski definition) is 6. The normalized spacial score (nSPS) is 19.3. The zero-order valence-electron chi connectivity index (χ0n) is 17.1. The Kier molecular flexibility index (Phi) is 5.83. The lowest BCUT2D eigenvalue weighted by molar-refractivity contribution is 0.0730. The van der Waals surface area contributed by atoms with Crippen LogP contribution in [-0.2, 0) is 14.8 Å². The number of nitrogens with zero attached hydrogens (tertiary/aromatic N) is 3. The molecule has 3 heterocycles. The summed E-state index contributed by atoms with van der Waals surface area (Å²) in [4.78, 5) is 6.06. The minimum Gasteiger partial charge on any atom is -0.463 e. The molecule has 2 aromatic heterocycles. The first-order valence-electron chi connectivity index (χ1n) is 10.6. The highest BCUT2D eigenvalue weighted by Crippen LogP contribution is 2.33. The highest BCUT2D eigenvalue weighted by atomic mass is 32.2. The minimum absolute atomic E-state index is 0.291. The van der Waals surface area contributed by atoms with Gasteiger partial charge < -0.3 is 13.7 Å². The van der Waals surface area contributed by atoms with Crippen molar-refractivity contribution in [3.05, 3.63) is 52.8 Å². The van der Waals surface area contributed by atoms with Crippen LogP contribution in [0.15, 0.2) is 62.3 Å². The Morgan fingerprint density at radius 2 is 1.77 bits per heavy atom. The third-order valence-corrected chi connectivity index (χ3v) is 8.63. The molecule has 0 radical (unpaired) electrons. The Hall–Kier alpha value is -2.20. The number of ether oxygens (including phenoxy) is 1. The van der Waals surface area contributed by atoms with Gasteiger partial charge in [-0.15, -0.1) is 11.3 Å². The number of morpholine rings is 1. The van der Waals surface area contributed by atoms with Crippen LogP contribution in [0.2, 0.25) is 0 Å². The maximum Gasteiger partial charge on any atom is 0.243 e. The third kappa shape index (κ3) is 4.15. The van der Waals surface area contributed by atoms with Crippen LogP contribution in [-0.4, -0.2) is 43.6 Å². The molecule has 1 aliphatic carbocycles. The quantitative estimate of drug-likeness (QED) is 0.574. The van der Waals surface area contributed by atoms with Crippen molar-refractivity contribution < 1.29 is 17.6 Å². The van der Waals surface area contributed by atoms with Crippen molar-refractivity contribution in [1.29, 1.82) is 0 Å². The van der Waals surface area contributed by atoms with Crippen LogP contribution in [0.3, 0.4) is 0 Å². The van der Waals surface area contributed by atoms with Crippen molar-refractivity contribution in [2.75, 3.05) is 26.3 Å². The number of furan rings is 1. The molecule has 1 saturated heterocycles. The first-order chi connectivity index (χ1) is 15.1. The van der Waals surface area contributed by atoms with Crippen molar-refractivity contribution >= 4 is 27.0 Å². The summed E-state index contributed by atoms with van der Waals surface area (Å²) >= 11 is 1.58. The zero-order valence-corrected chi connectivity index (χ0v) is 18.8. The van der Waals surface area contributed by atoms with Crippen LogP contribution in [0.25, 0.3) is 11.5 Å². The predicted molar refractivity (Wildman–Crippen MR) is 119 cm³/mol. The second-order valence-corrected chi connectivity index (χ2v) is 10.6. The zero-order chi connectivity index (χ0) is 21.3. The SMILES string of the molecule is O=S(=O)(c1ccc(N=c2scc(-c3ccco3)n2C2CCCC2)cc1)N1CCOCC1. The van der Waals surface area contributed by atoms with Gasteiger partial charge in [0.15, 0.2) is 10.6 Å². The van der Waals surface area contributed by atoms with E-state index in [2.05, 4.69) is 9.95 Å². The molecule has 1 saturated carbocycles. The maximum atomic E-state index is 12.8. The Balaban J connectivity index is 1.48. The minimum atomic E-state index is -3.50. The molecular weight excluding hydrogens is 434 g/mol. The Bertz CT molecular complexity index is 1180. The van der Waals surface area contributed by atoms with E-state index in [1.807, 2.05) is 12.1 Å². The average molecular weight is 460 g/mol. The van der Waals surface area contributed by atoms with E-state index in [1.165, 1.54) is 17.1 Å². The number of benzene rings is 1. The largest absolute Gasteiger partial charge is 0.463 e. The van der Waals surface area contributed by atoms with Crippen LogP contribution in [0.5, 0.6) is 0 Å². The molecule has 0 N–H and O–H groups in total. The van der Waals surface area contributed by atoms with Gasteiger partial charge in [-0.2, -0.15) is 4.31 Å². The molecule has 0 unspecified atom stereocenters. The van der Waals surface area contributed by atoms with Gasteiger partial charge in [0.2, 0.25) is 10.0 Å². The summed E-state index contributed by atoms with van der Waals surface area (Å²) in [7, 11) is -3.50. The molecule has 0 spiro atoms. The van der Waals surface area contributed by atoms with Crippen molar-refractivity contribution in [2.45, 2.75) is 36.6 Å². The molecule has 164 valence electrons. The molecule has 0 atom stereocenters. The van der Waals surface area contributed by atoms with Crippen LogP contribution in [0.4, 0.5) is 5.69 Å². The van der Waals surface area contributed by atoms with Gasteiger partial charge in [0.25, 0.3) is 0 Å². The first kappa shape index (κ1) is 20.7. The van der Waals surface area contributed by atoms with Crippen molar-refractivity contribution in [2.24, 2.45) is 4.99 Å². The van der Waals surface area contributed by atoms with E-state index in [0.29, 0.717) is 37.2 Å². The Labute approximate surface area is 185 Å². The Morgan fingerprint density at radius 3 is 2.45 bits per heavy atom. The topological polar surface area (TPSA) is 77.0 Å². The van der Waals surface area contributed by atoms with Crippen LogP contribution in [0, 0.1) is 0 Å². The van der Waals surface area contributed by atoms with Gasteiger partial charge in [0, 0.05) is 24.5 Å². The standard InChI is InChI=1S/C22H25N3O4S2/c26-31(27,24-11-14-28-15-12-24)19-9-7-17(8-10-19)23-22-25(18-4-1-2-5-18)20(16-30-22)21-6-3-13-29-21/h3,6-10,13,16,18H,1-2,4-5,11-12,14-15H2. The fraction of sp³-hybridized carbons (Fsp3) is 0.409. The summed E-state index contributed by atoms with van der Waals surface area (Å²) < 4.78 is 40.4. The summed E-state index contributed by atoms with van der Waals surface area (Å²) in [6, 6.07) is 11.1. The van der Waals surface area contributed by atoms with E-state index < -0.39 is 10.0 Å². The molecule has 3 aromatic rings. The van der Waals surface area contributed by atoms with Gasteiger partial charge in [0.1, 0.15) is 0 Å². The number of hydrogen-bond donors (Lipinski definition) is 0. The Morgan fingerprint density at radius 1 is 1.03 bits per heavy atom. The smallest absolute Gasteiger partial charge is 0.243 e. The third-order valence-electron chi connectivity index (χ3n) is 5.87. The van der Waals surface area contributed by atoms with Gasteiger partial charge in [-0.05, 0) is 49.2 Å². The van der Waals surface area contributed by atoms with Gasteiger partial charge >= 0.3 is 0 Å². The fourth-order valence-corrected chi connectivity index (χ4v) is 6.63. The molecule has 9 heteroatoms. The number of sulfonamides is 1. The highest BCUT2D eigenvalue weighted by Gasteiger charge is 2.26. The monoisotopic (exact) mass is 459 g/mol. The molecule has 0 amide bonds. The lowest BCUT2D eigenvalue weighted by Gasteiger charge is -2.26. The van der Waals surface area contributed by atoms with E-state index in [-0.39, 0.29) is 0 Å². The first-order valence-corrected chi connectivity index (χ1v) is 12.9. The van der Waals surface area contributed by atoms with E-state index in [0.717, 1.165) is 34.8 Å². The summed E-state index contributed by atoms with van der Waals surface area (Å²) in [5.41, 5.74) is 1.78. The summed E-state index contributed by atoms with van der Waals surface area (Å²) in [5.74, 6) is 0.844. The molecular formula is C22H25N3O4S2. The summed E-state index contributed by atoms with van der Waals surface area (Å²) in [6.07, 6.45) is 6.40. The average Bonchev–Trinajstić information content (AvgIpc) is 3.56. The van der Waals surface area contributed by atoms with Gasteiger partial charge in [-0.1, -0.05) is 12.8 Å². The highest BCUT2D eigenvalue weighted by molar-refractivity contribution is 7.89. The van der Waals surface area contributed by atoms with E-state index in [1.54, 1.807) is 41.9 Å². The molecule has 0 bridgehead atoms. The molecule has 2 aliphatic rings. The summed E-state index contributed by atoms with van der Waals surface area (Å²) in [5, 5.41) is 2.09. The van der Waals surface area contributed by atoms with Crippen molar-refractivity contribution in [3.63, 3.8) is 0 Å². The van der Waals surface area contributed by atoms with Gasteiger partial charge in [-0.25, -0.2) is 13.4 Å².